The van der Waals surface area contributed by atoms with Crippen LogP contribution in [0.2, 0.25) is 0 Å². The van der Waals surface area contributed by atoms with Crippen LogP contribution in [0.3, 0.4) is 0 Å². The summed E-state index contributed by atoms with van der Waals surface area (Å²) in [4.78, 5) is 11.1. The summed E-state index contributed by atoms with van der Waals surface area (Å²) >= 11 is 0. The third kappa shape index (κ3) is 4.21. The first-order valence-electron chi connectivity index (χ1n) is 4.66. The van der Waals surface area contributed by atoms with E-state index < -0.39 is 0 Å². The largest absolute Gasteiger partial charge is 0.338 e. The molecule has 3 nitrogen and oxygen atoms in total. The van der Waals surface area contributed by atoms with Gasteiger partial charge in [-0.3, -0.25) is 0 Å². The molecule has 72 valence electrons. The van der Waals surface area contributed by atoms with Gasteiger partial charge in [0.25, 0.3) is 0 Å². The quantitative estimate of drug-likeness (QED) is 0.666. The Hall–Kier alpha value is -0.730. The van der Waals surface area contributed by atoms with E-state index in [4.69, 9.17) is 0 Å². The van der Waals surface area contributed by atoms with E-state index in [1.54, 1.807) is 0 Å². The summed E-state index contributed by atoms with van der Waals surface area (Å²) in [5, 5.41) is 5.59. The summed E-state index contributed by atoms with van der Waals surface area (Å²) < 4.78 is 0. The van der Waals surface area contributed by atoms with E-state index in [2.05, 4.69) is 24.5 Å². The lowest BCUT2D eigenvalue weighted by Gasteiger charge is -2.19. The molecule has 0 bridgehead atoms. The smallest absolute Gasteiger partial charge is 0.314 e. The molecule has 0 spiro atoms. The van der Waals surface area contributed by atoms with E-state index in [1.165, 1.54) is 0 Å². The summed E-state index contributed by atoms with van der Waals surface area (Å²) in [6.07, 6.45) is 1.09. The van der Waals surface area contributed by atoms with E-state index >= 15 is 0 Å². The van der Waals surface area contributed by atoms with Crippen LogP contribution in [0.1, 0.15) is 34.1 Å². The zero-order valence-electron chi connectivity index (χ0n) is 8.48. The van der Waals surface area contributed by atoms with Crippen LogP contribution in [0.5, 0.6) is 0 Å². The lowest BCUT2D eigenvalue weighted by Crippen LogP contribution is -2.43. The van der Waals surface area contributed by atoms with Crippen molar-refractivity contribution in [2.75, 3.05) is 6.54 Å². The van der Waals surface area contributed by atoms with Crippen molar-refractivity contribution >= 4 is 6.03 Å². The van der Waals surface area contributed by atoms with Gasteiger partial charge in [0.1, 0.15) is 0 Å². The summed E-state index contributed by atoms with van der Waals surface area (Å²) in [5.41, 5.74) is 0. The molecule has 0 aromatic rings. The van der Waals surface area contributed by atoms with Crippen LogP contribution in [0, 0.1) is 5.92 Å². The van der Waals surface area contributed by atoms with Crippen LogP contribution in [-0.4, -0.2) is 18.6 Å². The van der Waals surface area contributed by atoms with Crippen molar-refractivity contribution in [2.24, 2.45) is 5.92 Å². The van der Waals surface area contributed by atoms with E-state index in [-0.39, 0.29) is 12.1 Å². The predicted octanol–water partition coefficient (Wildman–Crippen LogP) is 1.74. The van der Waals surface area contributed by atoms with Crippen LogP contribution in [0.4, 0.5) is 4.79 Å². The number of hydrogen-bond acceptors (Lipinski definition) is 1. The van der Waals surface area contributed by atoms with Gasteiger partial charge < -0.3 is 10.6 Å². The second-order valence-electron chi connectivity index (χ2n) is 3.18. The summed E-state index contributed by atoms with van der Waals surface area (Å²) in [7, 11) is 0. The first kappa shape index (κ1) is 11.3. The van der Waals surface area contributed by atoms with Gasteiger partial charge in [-0.1, -0.05) is 20.3 Å². The fourth-order valence-electron chi connectivity index (χ4n) is 0.914. The molecule has 0 rings (SSSR count). The highest BCUT2D eigenvalue weighted by molar-refractivity contribution is 5.74. The Bertz CT molecular complexity index is 136. The molecule has 0 aliphatic rings. The molecule has 0 saturated heterocycles. The maximum atomic E-state index is 11.1. The molecule has 0 aromatic heterocycles. The minimum absolute atomic E-state index is 0.0645. The van der Waals surface area contributed by atoms with E-state index in [0.717, 1.165) is 6.42 Å². The summed E-state index contributed by atoms with van der Waals surface area (Å²) in [6.45, 7) is 8.88. The third-order valence-electron chi connectivity index (χ3n) is 2.19. The lowest BCUT2D eigenvalue weighted by molar-refractivity contribution is 0.233. The van der Waals surface area contributed by atoms with Gasteiger partial charge in [-0.25, -0.2) is 4.79 Å². The van der Waals surface area contributed by atoms with Crippen LogP contribution in [0.25, 0.3) is 0 Å². The first-order chi connectivity index (χ1) is 5.61. The molecule has 2 N–H and O–H groups in total. The molecule has 2 amide bonds. The van der Waals surface area contributed by atoms with Crippen molar-refractivity contribution in [1.29, 1.82) is 0 Å². The Morgan fingerprint density at radius 1 is 1.33 bits per heavy atom. The van der Waals surface area contributed by atoms with Gasteiger partial charge >= 0.3 is 6.03 Å². The number of nitrogens with one attached hydrogen (secondary N) is 2. The number of hydrogen-bond donors (Lipinski definition) is 2. The van der Waals surface area contributed by atoms with Gasteiger partial charge in [-0.15, -0.1) is 0 Å². The molecule has 0 aromatic carbocycles. The number of urea groups is 1. The number of carbonyl (C=O) groups is 1. The maximum Gasteiger partial charge on any atom is 0.314 e. The van der Waals surface area contributed by atoms with Crippen molar-refractivity contribution in [1.82, 2.24) is 10.6 Å². The topological polar surface area (TPSA) is 41.1 Å². The third-order valence-corrected chi connectivity index (χ3v) is 2.19. The van der Waals surface area contributed by atoms with Gasteiger partial charge in [-0.05, 0) is 19.8 Å². The van der Waals surface area contributed by atoms with Crippen LogP contribution < -0.4 is 10.6 Å². The summed E-state index contributed by atoms with van der Waals surface area (Å²) in [6, 6.07) is 0.187. The molecule has 0 aliphatic heterocycles. The maximum absolute atomic E-state index is 11.1. The van der Waals surface area contributed by atoms with Crippen molar-refractivity contribution in [2.45, 2.75) is 40.2 Å². The first-order valence-corrected chi connectivity index (χ1v) is 4.66. The van der Waals surface area contributed by atoms with Crippen molar-refractivity contribution in [3.63, 3.8) is 0 Å². The van der Waals surface area contributed by atoms with Gasteiger partial charge in [0, 0.05) is 12.6 Å². The molecular formula is C9H20N2O. The molecule has 2 atom stereocenters. The predicted molar refractivity (Wildman–Crippen MR) is 51.1 cm³/mol. The number of amides is 2. The highest BCUT2D eigenvalue weighted by atomic mass is 16.2. The molecular weight excluding hydrogens is 152 g/mol. The molecule has 0 radical (unpaired) electrons. The molecule has 0 saturated carbocycles. The van der Waals surface area contributed by atoms with E-state index in [9.17, 15) is 4.79 Å². The summed E-state index contributed by atoms with van der Waals surface area (Å²) in [5.74, 6) is 0.535. The minimum atomic E-state index is -0.0645. The van der Waals surface area contributed by atoms with Gasteiger partial charge in [0.2, 0.25) is 0 Å². The standard InChI is InChI=1S/C9H20N2O/c1-5-7(3)8(4)11-9(12)10-6-2/h7-8H,5-6H2,1-4H3,(H2,10,11,12). The Morgan fingerprint density at radius 2 is 1.92 bits per heavy atom. The second-order valence-corrected chi connectivity index (χ2v) is 3.18. The fraction of sp³-hybridized carbons (Fsp3) is 0.889. The Morgan fingerprint density at radius 3 is 2.33 bits per heavy atom. The van der Waals surface area contributed by atoms with E-state index in [0.29, 0.717) is 12.5 Å². The Labute approximate surface area is 74.9 Å². The van der Waals surface area contributed by atoms with E-state index in [1.807, 2.05) is 13.8 Å². The van der Waals surface area contributed by atoms with Gasteiger partial charge in [0.05, 0.1) is 0 Å². The number of rotatable bonds is 4. The molecule has 3 heteroatoms. The van der Waals surface area contributed by atoms with Crippen LogP contribution >= 0.6 is 0 Å². The second kappa shape index (κ2) is 5.86. The van der Waals surface area contributed by atoms with Crippen LogP contribution in [-0.2, 0) is 0 Å². The van der Waals surface area contributed by atoms with Gasteiger partial charge in [-0.2, -0.15) is 0 Å². The highest BCUT2D eigenvalue weighted by Crippen LogP contribution is 2.05. The highest BCUT2D eigenvalue weighted by Gasteiger charge is 2.11. The Kier molecular flexibility index (Phi) is 5.51. The molecule has 12 heavy (non-hydrogen) atoms. The Balaban J connectivity index is 3.67. The van der Waals surface area contributed by atoms with Crippen LogP contribution in [0.15, 0.2) is 0 Å². The monoisotopic (exact) mass is 172 g/mol. The zero-order chi connectivity index (χ0) is 9.56. The minimum Gasteiger partial charge on any atom is -0.338 e. The fourth-order valence-corrected chi connectivity index (χ4v) is 0.914. The van der Waals surface area contributed by atoms with Crippen molar-refractivity contribution in [3.8, 4) is 0 Å². The molecule has 0 aliphatic carbocycles. The SMILES string of the molecule is CCNC(=O)NC(C)C(C)CC. The average molecular weight is 172 g/mol. The van der Waals surface area contributed by atoms with Crippen molar-refractivity contribution < 1.29 is 4.79 Å². The molecule has 0 fully saturated rings. The normalized spacial score (nSPS) is 15.0. The molecule has 0 heterocycles. The number of carbonyl (C=O) groups excluding carboxylic acids is 1. The lowest BCUT2D eigenvalue weighted by atomic mass is 10.0. The van der Waals surface area contributed by atoms with Gasteiger partial charge in [0.15, 0.2) is 0 Å². The van der Waals surface area contributed by atoms with Crippen molar-refractivity contribution in [3.05, 3.63) is 0 Å². The average Bonchev–Trinajstić information content (AvgIpc) is 2.03. The molecule has 2 unspecified atom stereocenters. The zero-order valence-corrected chi connectivity index (χ0v) is 8.48.